The van der Waals surface area contributed by atoms with Crippen LogP contribution in [0.1, 0.15) is 44.4 Å². The molecule has 1 rings (SSSR count). The number of carbonyl (C=O) groups is 1. The number of carbonyl (C=O) groups excluding carboxylic acids is 1. The summed E-state index contributed by atoms with van der Waals surface area (Å²) in [5.41, 5.74) is 0. The Morgan fingerprint density at radius 1 is 1.44 bits per heavy atom. The second-order valence-corrected chi connectivity index (χ2v) is 3.71. The smallest absolute Gasteiger partial charge is 0.330 e. The number of hydrogen-bond acceptors (Lipinski definition) is 4. The highest BCUT2D eigenvalue weighted by molar-refractivity contribution is 5.74. The van der Waals surface area contributed by atoms with E-state index in [0.29, 0.717) is 12.4 Å². The van der Waals surface area contributed by atoms with Crippen LogP contribution in [-0.2, 0) is 9.53 Å². The van der Waals surface area contributed by atoms with E-state index in [1.165, 1.54) is 0 Å². The van der Waals surface area contributed by atoms with Gasteiger partial charge in [-0.3, -0.25) is 0 Å². The molecule has 16 heavy (non-hydrogen) atoms. The van der Waals surface area contributed by atoms with Crippen molar-refractivity contribution in [2.24, 2.45) is 0 Å². The van der Waals surface area contributed by atoms with Crippen LogP contribution in [-0.4, -0.2) is 27.3 Å². The van der Waals surface area contributed by atoms with Gasteiger partial charge in [0.15, 0.2) is 6.04 Å². The summed E-state index contributed by atoms with van der Waals surface area (Å²) in [4.78, 5) is 16.0. The summed E-state index contributed by atoms with van der Waals surface area (Å²) in [6.45, 7) is 7.90. The third-order valence-corrected chi connectivity index (χ3v) is 2.32. The van der Waals surface area contributed by atoms with Crippen molar-refractivity contribution in [1.29, 1.82) is 0 Å². The molecule has 0 spiro atoms. The van der Waals surface area contributed by atoms with E-state index in [1.54, 1.807) is 11.6 Å². The molecule has 1 aromatic heterocycles. The average molecular weight is 225 g/mol. The molecule has 0 bridgehead atoms. The minimum atomic E-state index is -0.342. The molecule has 0 radical (unpaired) electrons. The lowest BCUT2D eigenvalue weighted by atomic mass is 10.2. The lowest BCUT2D eigenvalue weighted by Gasteiger charge is -2.15. The summed E-state index contributed by atoms with van der Waals surface area (Å²) >= 11 is 0. The number of rotatable bonds is 5. The number of aromatic nitrogens is 3. The van der Waals surface area contributed by atoms with Crippen LogP contribution in [0, 0.1) is 13.8 Å². The summed E-state index contributed by atoms with van der Waals surface area (Å²) in [5.74, 6) is 1.21. The first-order chi connectivity index (χ1) is 7.60. The summed E-state index contributed by atoms with van der Waals surface area (Å²) in [6.07, 6.45) is 1.63. The molecule has 1 heterocycles. The molecule has 1 aromatic rings. The molecule has 90 valence electrons. The highest BCUT2D eigenvalue weighted by atomic mass is 16.5. The predicted molar refractivity (Wildman–Crippen MR) is 60.1 cm³/mol. The van der Waals surface area contributed by atoms with Crippen molar-refractivity contribution in [2.45, 2.75) is 46.6 Å². The van der Waals surface area contributed by atoms with E-state index in [9.17, 15) is 4.79 Å². The van der Waals surface area contributed by atoms with Crippen molar-refractivity contribution < 1.29 is 9.53 Å². The van der Waals surface area contributed by atoms with Crippen molar-refractivity contribution in [1.82, 2.24) is 14.8 Å². The van der Waals surface area contributed by atoms with Crippen molar-refractivity contribution in [3.63, 3.8) is 0 Å². The SMILES string of the molecule is CCCC(C(=O)OCC)n1nc(C)nc1C. The Morgan fingerprint density at radius 3 is 2.56 bits per heavy atom. The fraction of sp³-hybridized carbons (Fsp3) is 0.727. The Labute approximate surface area is 95.8 Å². The van der Waals surface area contributed by atoms with E-state index in [2.05, 4.69) is 10.1 Å². The van der Waals surface area contributed by atoms with Crippen LogP contribution in [0.25, 0.3) is 0 Å². The molecule has 0 saturated heterocycles. The van der Waals surface area contributed by atoms with Gasteiger partial charge in [-0.1, -0.05) is 13.3 Å². The first-order valence-electron chi connectivity index (χ1n) is 5.66. The Kier molecular flexibility index (Phi) is 4.46. The number of nitrogens with zero attached hydrogens (tertiary/aromatic N) is 3. The molecular weight excluding hydrogens is 206 g/mol. The second kappa shape index (κ2) is 5.63. The topological polar surface area (TPSA) is 57.0 Å². The van der Waals surface area contributed by atoms with Gasteiger partial charge in [0.25, 0.3) is 0 Å². The molecule has 0 aliphatic carbocycles. The third-order valence-electron chi connectivity index (χ3n) is 2.32. The van der Waals surface area contributed by atoms with Gasteiger partial charge in [0, 0.05) is 0 Å². The van der Waals surface area contributed by atoms with Gasteiger partial charge in [0.1, 0.15) is 11.6 Å². The first-order valence-corrected chi connectivity index (χ1v) is 5.66. The van der Waals surface area contributed by atoms with E-state index in [0.717, 1.165) is 18.7 Å². The van der Waals surface area contributed by atoms with E-state index in [1.807, 2.05) is 20.8 Å². The minimum absolute atomic E-state index is 0.225. The predicted octanol–water partition coefficient (Wildman–Crippen LogP) is 1.80. The standard InChI is InChI=1S/C11H19N3O2/c1-5-7-10(11(15)16-6-2)14-9(4)12-8(3)13-14/h10H,5-7H2,1-4H3. The van der Waals surface area contributed by atoms with Crippen LogP contribution in [0.15, 0.2) is 0 Å². The molecule has 0 aromatic carbocycles. The monoisotopic (exact) mass is 225 g/mol. The molecule has 0 aliphatic rings. The van der Waals surface area contributed by atoms with Crippen LogP contribution >= 0.6 is 0 Å². The van der Waals surface area contributed by atoms with Crippen molar-refractivity contribution in [2.75, 3.05) is 6.61 Å². The fourth-order valence-corrected chi connectivity index (χ4v) is 1.68. The van der Waals surface area contributed by atoms with Crippen LogP contribution < -0.4 is 0 Å². The van der Waals surface area contributed by atoms with Gasteiger partial charge in [-0.25, -0.2) is 14.5 Å². The zero-order valence-corrected chi connectivity index (χ0v) is 10.4. The molecule has 5 nitrogen and oxygen atoms in total. The van der Waals surface area contributed by atoms with Gasteiger partial charge in [-0.15, -0.1) is 0 Å². The molecule has 0 fully saturated rings. The summed E-state index contributed by atoms with van der Waals surface area (Å²) in [7, 11) is 0. The van der Waals surface area contributed by atoms with Gasteiger partial charge in [-0.2, -0.15) is 5.10 Å². The highest BCUT2D eigenvalue weighted by Crippen LogP contribution is 2.16. The van der Waals surface area contributed by atoms with Crippen molar-refractivity contribution in [3.8, 4) is 0 Å². The summed E-state index contributed by atoms with van der Waals surface area (Å²) < 4.78 is 6.71. The van der Waals surface area contributed by atoms with E-state index < -0.39 is 0 Å². The molecule has 0 amide bonds. The van der Waals surface area contributed by atoms with Gasteiger partial charge >= 0.3 is 5.97 Å². The molecule has 1 unspecified atom stereocenters. The second-order valence-electron chi connectivity index (χ2n) is 3.71. The average Bonchev–Trinajstić information content (AvgIpc) is 2.54. The number of hydrogen-bond donors (Lipinski definition) is 0. The van der Waals surface area contributed by atoms with Crippen LogP contribution in [0.4, 0.5) is 0 Å². The lowest BCUT2D eigenvalue weighted by Crippen LogP contribution is -2.24. The molecule has 0 saturated carbocycles. The van der Waals surface area contributed by atoms with Crippen LogP contribution in [0.2, 0.25) is 0 Å². The normalized spacial score (nSPS) is 12.5. The van der Waals surface area contributed by atoms with Gasteiger partial charge in [0.05, 0.1) is 6.61 Å². The van der Waals surface area contributed by atoms with Gasteiger partial charge in [-0.05, 0) is 27.2 Å². The highest BCUT2D eigenvalue weighted by Gasteiger charge is 2.23. The van der Waals surface area contributed by atoms with E-state index in [-0.39, 0.29) is 12.0 Å². The molecular formula is C11H19N3O2. The van der Waals surface area contributed by atoms with Gasteiger partial charge < -0.3 is 4.74 Å². The molecule has 0 aliphatic heterocycles. The zero-order valence-electron chi connectivity index (χ0n) is 10.4. The zero-order chi connectivity index (χ0) is 12.1. The fourth-order valence-electron chi connectivity index (χ4n) is 1.68. The number of esters is 1. The maximum absolute atomic E-state index is 11.8. The molecule has 0 N–H and O–H groups in total. The number of ether oxygens (including phenoxy) is 1. The maximum Gasteiger partial charge on any atom is 0.330 e. The lowest BCUT2D eigenvalue weighted by molar-refractivity contribution is -0.147. The Balaban J connectivity index is 2.92. The molecule has 5 heteroatoms. The largest absolute Gasteiger partial charge is 0.464 e. The minimum Gasteiger partial charge on any atom is -0.464 e. The van der Waals surface area contributed by atoms with Crippen LogP contribution in [0.5, 0.6) is 0 Å². The summed E-state index contributed by atoms with van der Waals surface area (Å²) in [5, 5.41) is 4.24. The molecule has 1 atom stereocenters. The van der Waals surface area contributed by atoms with Crippen molar-refractivity contribution >= 4 is 5.97 Å². The maximum atomic E-state index is 11.8. The van der Waals surface area contributed by atoms with Gasteiger partial charge in [0.2, 0.25) is 0 Å². The quantitative estimate of drug-likeness (QED) is 0.717. The van der Waals surface area contributed by atoms with Crippen LogP contribution in [0.3, 0.4) is 0 Å². The van der Waals surface area contributed by atoms with E-state index >= 15 is 0 Å². The Bertz CT molecular complexity index is 360. The summed E-state index contributed by atoms with van der Waals surface area (Å²) in [6, 6.07) is -0.342. The number of aryl methyl sites for hydroxylation is 2. The first kappa shape index (κ1) is 12.7. The third kappa shape index (κ3) is 2.81. The Morgan fingerprint density at radius 2 is 2.12 bits per heavy atom. The van der Waals surface area contributed by atoms with E-state index in [4.69, 9.17) is 4.74 Å². The van der Waals surface area contributed by atoms with Crippen molar-refractivity contribution in [3.05, 3.63) is 11.6 Å². The Hall–Kier alpha value is -1.39.